The van der Waals surface area contributed by atoms with Gasteiger partial charge in [-0.15, -0.1) is 4.91 Å². The molecule has 0 aromatic carbocycles. The minimum absolute atomic E-state index is 0.0450. The molecule has 0 bridgehead atoms. The molecule has 1 aromatic heterocycles. The number of hydrogen-bond acceptors (Lipinski definition) is 5. The van der Waals surface area contributed by atoms with Gasteiger partial charge in [0, 0.05) is 5.56 Å². The lowest BCUT2D eigenvalue weighted by atomic mass is 10.1. The van der Waals surface area contributed by atoms with Crippen molar-refractivity contribution >= 4 is 5.69 Å². The summed E-state index contributed by atoms with van der Waals surface area (Å²) in [5.41, 5.74) is -0.195. The Morgan fingerprint density at radius 3 is 2.50 bits per heavy atom. The van der Waals surface area contributed by atoms with E-state index in [4.69, 9.17) is 11.1 Å². The summed E-state index contributed by atoms with van der Waals surface area (Å²) in [6.07, 6.45) is 0. The van der Waals surface area contributed by atoms with Gasteiger partial charge in [-0.05, 0) is 19.0 Å². The van der Waals surface area contributed by atoms with Crippen LogP contribution in [0.15, 0.2) is 9.97 Å². The zero-order valence-corrected chi connectivity index (χ0v) is 7.74. The number of nitrogens with two attached hydrogens (primary N) is 1. The van der Waals surface area contributed by atoms with Crippen LogP contribution >= 0.6 is 0 Å². The zero-order valence-electron chi connectivity index (χ0n) is 7.74. The van der Waals surface area contributed by atoms with Crippen LogP contribution in [0.1, 0.15) is 16.8 Å². The molecule has 1 rings (SSSR count). The molecule has 0 fully saturated rings. The normalized spacial score (nSPS) is 9.50. The Morgan fingerprint density at radius 1 is 1.50 bits per heavy atom. The number of rotatable bonds is 1. The van der Waals surface area contributed by atoms with Gasteiger partial charge in [-0.3, -0.25) is 4.79 Å². The monoisotopic (exact) mass is 192 g/mol. The van der Waals surface area contributed by atoms with E-state index in [9.17, 15) is 9.70 Å². The molecule has 1 heterocycles. The fourth-order valence-corrected chi connectivity index (χ4v) is 1.20. The smallest absolute Gasteiger partial charge is 0.287 e. The highest BCUT2D eigenvalue weighted by atomic mass is 16.3. The predicted molar refractivity (Wildman–Crippen MR) is 50.5 cm³/mol. The lowest BCUT2D eigenvalue weighted by molar-refractivity contribution is 0.873. The van der Waals surface area contributed by atoms with Gasteiger partial charge in [0.2, 0.25) is 0 Å². The van der Waals surface area contributed by atoms with E-state index in [0.29, 0.717) is 0 Å². The van der Waals surface area contributed by atoms with Crippen molar-refractivity contribution in [2.75, 3.05) is 5.84 Å². The van der Waals surface area contributed by atoms with Crippen LogP contribution in [0.25, 0.3) is 0 Å². The highest BCUT2D eigenvalue weighted by Gasteiger charge is 2.15. The SMILES string of the molecule is Cc1c(N=O)c(C)n(N)c(=O)c1C#N. The standard InChI is InChI=1S/C8H8N4O2/c1-4-6(3-9)8(13)12(10)5(2)7(4)11-14/h10H2,1-2H3. The van der Waals surface area contributed by atoms with E-state index in [0.717, 1.165) is 4.68 Å². The maximum Gasteiger partial charge on any atom is 0.287 e. The van der Waals surface area contributed by atoms with Gasteiger partial charge in [0.05, 0.1) is 5.69 Å². The molecule has 2 N–H and O–H groups in total. The molecule has 72 valence electrons. The second-order valence-electron chi connectivity index (χ2n) is 2.81. The first kappa shape index (κ1) is 9.92. The largest absolute Gasteiger partial charge is 0.336 e. The minimum atomic E-state index is -0.616. The number of aromatic nitrogens is 1. The van der Waals surface area contributed by atoms with Gasteiger partial charge in [-0.1, -0.05) is 0 Å². The maximum atomic E-state index is 11.4. The predicted octanol–water partition coefficient (Wildman–Crippen LogP) is 0.449. The molecule has 0 atom stereocenters. The number of nitroso groups, excluding NO2 is 1. The highest BCUT2D eigenvalue weighted by molar-refractivity contribution is 5.55. The summed E-state index contributed by atoms with van der Waals surface area (Å²) < 4.78 is 0.752. The average Bonchev–Trinajstić information content (AvgIpc) is 2.16. The number of nitrogens with zero attached hydrogens (tertiary/aromatic N) is 3. The van der Waals surface area contributed by atoms with E-state index in [1.54, 1.807) is 6.07 Å². The van der Waals surface area contributed by atoms with Crippen LogP contribution < -0.4 is 11.4 Å². The quantitative estimate of drug-likeness (QED) is 0.515. The molecule has 14 heavy (non-hydrogen) atoms. The summed E-state index contributed by atoms with van der Waals surface area (Å²) in [6, 6.07) is 1.69. The van der Waals surface area contributed by atoms with Crippen LogP contribution in [-0.2, 0) is 0 Å². The van der Waals surface area contributed by atoms with Gasteiger partial charge in [0.1, 0.15) is 17.3 Å². The Labute approximate surface area is 79.5 Å². The second-order valence-corrected chi connectivity index (χ2v) is 2.81. The molecule has 0 radical (unpaired) electrons. The molecular weight excluding hydrogens is 184 g/mol. The third-order valence-corrected chi connectivity index (χ3v) is 2.07. The van der Waals surface area contributed by atoms with Gasteiger partial charge in [-0.25, -0.2) is 4.68 Å². The van der Waals surface area contributed by atoms with E-state index in [-0.39, 0.29) is 22.5 Å². The Bertz CT molecular complexity index is 496. The van der Waals surface area contributed by atoms with Crippen LogP contribution in [0, 0.1) is 30.1 Å². The van der Waals surface area contributed by atoms with Crippen molar-refractivity contribution in [2.24, 2.45) is 5.18 Å². The third-order valence-electron chi connectivity index (χ3n) is 2.07. The zero-order chi connectivity index (χ0) is 10.9. The molecule has 0 saturated heterocycles. The first-order chi connectivity index (χ1) is 6.54. The number of pyridine rings is 1. The third kappa shape index (κ3) is 1.15. The number of nitrogen functional groups attached to an aromatic ring is 1. The van der Waals surface area contributed by atoms with E-state index >= 15 is 0 Å². The summed E-state index contributed by atoms with van der Waals surface area (Å²) in [4.78, 5) is 21.8. The molecule has 1 aromatic rings. The Kier molecular flexibility index (Phi) is 2.34. The molecule has 0 spiro atoms. The fourth-order valence-electron chi connectivity index (χ4n) is 1.20. The lowest BCUT2D eigenvalue weighted by Gasteiger charge is -2.08. The minimum Gasteiger partial charge on any atom is -0.336 e. The molecule has 0 aliphatic rings. The van der Waals surface area contributed by atoms with Crippen molar-refractivity contribution in [3.05, 3.63) is 32.1 Å². The van der Waals surface area contributed by atoms with Crippen molar-refractivity contribution in [3.63, 3.8) is 0 Å². The van der Waals surface area contributed by atoms with Gasteiger partial charge >= 0.3 is 0 Å². The molecule has 0 saturated carbocycles. The molecule has 0 aliphatic heterocycles. The van der Waals surface area contributed by atoms with Crippen LogP contribution in [0.2, 0.25) is 0 Å². The average molecular weight is 192 g/mol. The van der Waals surface area contributed by atoms with Crippen molar-refractivity contribution in [1.29, 1.82) is 5.26 Å². The summed E-state index contributed by atoms with van der Waals surface area (Å²) >= 11 is 0. The van der Waals surface area contributed by atoms with Crippen molar-refractivity contribution < 1.29 is 0 Å². The van der Waals surface area contributed by atoms with Crippen molar-refractivity contribution in [1.82, 2.24) is 4.68 Å². The van der Waals surface area contributed by atoms with Gasteiger partial charge < -0.3 is 5.84 Å². The van der Waals surface area contributed by atoms with Gasteiger partial charge in [0.25, 0.3) is 5.56 Å². The Balaban J connectivity index is 3.85. The Morgan fingerprint density at radius 2 is 2.07 bits per heavy atom. The van der Waals surface area contributed by atoms with Crippen LogP contribution in [0.5, 0.6) is 0 Å². The number of nitriles is 1. The molecule has 0 aliphatic carbocycles. The lowest BCUT2D eigenvalue weighted by Crippen LogP contribution is -2.31. The Hall–Kier alpha value is -2.16. The molecule has 6 heteroatoms. The maximum absolute atomic E-state index is 11.4. The molecule has 6 nitrogen and oxygen atoms in total. The topological polar surface area (TPSA) is 101 Å². The first-order valence-corrected chi connectivity index (χ1v) is 3.79. The number of hydrogen-bond donors (Lipinski definition) is 1. The van der Waals surface area contributed by atoms with Crippen LogP contribution in [0.4, 0.5) is 5.69 Å². The van der Waals surface area contributed by atoms with Crippen molar-refractivity contribution in [2.45, 2.75) is 13.8 Å². The van der Waals surface area contributed by atoms with Gasteiger partial charge in [0.15, 0.2) is 0 Å². The summed E-state index contributed by atoms with van der Waals surface area (Å²) in [7, 11) is 0. The molecular formula is C8H8N4O2. The van der Waals surface area contributed by atoms with E-state index < -0.39 is 5.56 Å². The van der Waals surface area contributed by atoms with E-state index in [1.807, 2.05) is 0 Å². The fraction of sp³-hybridized carbons (Fsp3) is 0.250. The summed E-state index contributed by atoms with van der Waals surface area (Å²) in [6.45, 7) is 2.98. The molecule has 0 unspecified atom stereocenters. The second kappa shape index (κ2) is 3.30. The van der Waals surface area contributed by atoms with Gasteiger partial charge in [-0.2, -0.15) is 5.26 Å². The molecule has 0 amide bonds. The van der Waals surface area contributed by atoms with E-state index in [1.165, 1.54) is 13.8 Å². The van der Waals surface area contributed by atoms with Crippen LogP contribution in [-0.4, -0.2) is 4.68 Å². The van der Waals surface area contributed by atoms with E-state index in [2.05, 4.69) is 5.18 Å². The first-order valence-electron chi connectivity index (χ1n) is 3.79. The van der Waals surface area contributed by atoms with Crippen LogP contribution in [0.3, 0.4) is 0 Å². The summed E-state index contributed by atoms with van der Waals surface area (Å²) in [5, 5.41) is 11.4. The highest BCUT2D eigenvalue weighted by Crippen LogP contribution is 2.22. The van der Waals surface area contributed by atoms with Crippen molar-refractivity contribution in [3.8, 4) is 6.07 Å². The summed E-state index contributed by atoms with van der Waals surface area (Å²) in [5.74, 6) is 5.36.